The number of carboxylic acids is 1. The van der Waals surface area contributed by atoms with Crippen LogP contribution in [0.15, 0.2) is 24.3 Å². The van der Waals surface area contributed by atoms with E-state index in [2.05, 4.69) is 0 Å². The van der Waals surface area contributed by atoms with Crippen LogP contribution in [0.5, 0.6) is 5.75 Å². The van der Waals surface area contributed by atoms with Crippen molar-refractivity contribution in [2.45, 2.75) is 18.6 Å². The molecule has 8 heteroatoms. The first-order valence-electron chi connectivity index (χ1n) is 5.47. The third-order valence-electron chi connectivity index (χ3n) is 2.44. The van der Waals surface area contributed by atoms with Crippen molar-refractivity contribution in [3.05, 3.63) is 29.8 Å². The molecule has 1 aromatic rings. The number of rotatable bonds is 5. The van der Waals surface area contributed by atoms with Gasteiger partial charge < -0.3 is 15.2 Å². The Balaban J connectivity index is 2.99. The Hall–Kier alpha value is -2.25. The quantitative estimate of drug-likeness (QED) is 0.868. The summed E-state index contributed by atoms with van der Waals surface area (Å²) in [6.45, 7) is 0. The number of amides is 1. The first kappa shape index (κ1) is 15.8. The molecule has 1 aromatic carbocycles. The number of hydrogen-bond acceptors (Lipinski definition) is 3. The van der Waals surface area contributed by atoms with Crippen molar-refractivity contribution in [1.82, 2.24) is 5.32 Å². The van der Waals surface area contributed by atoms with E-state index >= 15 is 0 Å². The fourth-order valence-corrected chi connectivity index (χ4v) is 1.53. The van der Waals surface area contributed by atoms with Gasteiger partial charge in [0.15, 0.2) is 0 Å². The summed E-state index contributed by atoms with van der Waals surface area (Å²) in [5, 5.41) is 10.4. The predicted octanol–water partition coefficient (Wildman–Crippen LogP) is 1.89. The van der Waals surface area contributed by atoms with Gasteiger partial charge in [0.05, 0.1) is 19.6 Å². The molecule has 1 rings (SSSR count). The Morgan fingerprint density at radius 1 is 1.40 bits per heavy atom. The van der Waals surface area contributed by atoms with Crippen molar-refractivity contribution in [2.75, 3.05) is 7.11 Å². The van der Waals surface area contributed by atoms with Gasteiger partial charge in [0.1, 0.15) is 5.75 Å². The van der Waals surface area contributed by atoms with Gasteiger partial charge in [0.2, 0.25) is 0 Å². The Morgan fingerprint density at radius 2 is 2.05 bits per heavy atom. The number of ether oxygens (including phenoxy) is 1. The van der Waals surface area contributed by atoms with Gasteiger partial charge in [0.25, 0.3) is 0 Å². The molecule has 0 radical (unpaired) electrons. The molecule has 1 unspecified atom stereocenters. The molecule has 0 aliphatic rings. The summed E-state index contributed by atoms with van der Waals surface area (Å²) < 4.78 is 41.6. The van der Waals surface area contributed by atoms with Crippen molar-refractivity contribution in [3.63, 3.8) is 0 Å². The van der Waals surface area contributed by atoms with E-state index < -0.39 is 30.5 Å². The number of methoxy groups -OCH3 is 1. The molecule has 5 nitrogen and oxygen atoms in total. The van der Waals surface area contributed by atoms with Gasteiger partial charge in [-0.3, -0.25) is 9.59 Å². The molecular weight excluding hydrogens is 279 g/mol. The average Bonchev–Trinajstić information content (AvgIpc) is 2.36. The molecule has 0 spiro atoms. The van der Waals surface area contributed by atoms with Crippen LogP contribution in [0.4, 0.5) is 13.2 Å². The third-order valence-corrected chi connectivity index (χ3v) is 2.44. The Bertz CT molecular complexity index is 502. The Morgan fingerprint density at radius 3 is 2.55 bits per heavy atom. The molecule has 2 N–H and O–H groups in total. The van der Waals surface area contributed by atoms with E-state index in [-0.39, 0.29) is 5.56 Å². The first-order chi connectivity index (χ1) is 9.24. The second-order valence-electron chi connectivity index (χ2n) is 3.90. The molecule has 110 valence electrons. The van der Waals surface area contributed by atoms with Gasteiger partial charge in [0, 0.05) is 0 Å². The Labute approximate surface area is 112 Å². The first-order valence-corrected chi connectivity index (χ1v) is 5.47. The van der Waals surface area contributed by atoms with Gasteiger partial charge >= 0.3 is 18.1 Å². The molecule has 0 aromatic heterocycles. The summed E-state index contributed by atoms with van der Waals surface area (Å²) in [7, 11) is 1.36. The highest BCUT2D eigenvalue weighted by Crippen LogP contribution is 2.24. The fraction of sp³-hybridized carbons (Fsp3) is 0.333. The lowest BCUT2D eigenvalue weighted by molar-refractivity contribution is -0.174. The normalized spacial score (nSPS) is 12.6. The predicted molar refractivity (Wildman–Crippen MR) is 62.2 cm³/mol. The van der Waals surface area contributed by atoms with Crippen molar-refractivity contribution in [2.24, 2.45) is 0 Å². The number of hydrogen-bond donors (Lipinski definition) is 2. The van der Waals surface area contributed by atoms with Crippen LogP contribution in [0, 0.1) is 0 Å². The summed E-state index contributed by atoms with van der Waals surface area (Å²) in [4.78, 5) is 21.6. The smallest absolute Gasteiger partial charge is 0.471 e. The SMILES string of the molecule is COc1cccc(C(CC(=O)O)NC(=O)C(F)(F)F)c1. The summed E-state index contributed by atoms with van der Waals surface area (Å²) in [5.41, 5.74) is 0.212. The van der Waals surface area contributed by atoms with E-state index in [0.717, 1.165) is 0 Å². The zero-order chi connectivity index (χ0) is 15.3. The van der Waals surface area contributed by atoms with E-state index in [9.17, 15) is 22.8 Å². The Kier molecular flexibility index (Phi) is 4.95. The fourth-order valence-electron chi connectivity index (χ4n) is 1.53. The molecule has 0 fully saturated rings. The second-order valence-corrected chi connectivity index (χ2v) is 3.90. The highest BCUT2D eigenvalue weighted by molar-refractivity contribution is 5.82. The number of alkyl halides is 3. The zero-order valence-corrected chi connectivity index (χ0v) is 10.4. The minimum absolute atomic E-state index is 0.212. The molecular formula is C12H12F3NO4. The maximum absolute atomic E-state index is 12.2. The zero-order valence-electron chi connectivity index (χ0n) is 10.4. The topological polar surface area (TPSA) is 75.6 Å². The van der Waals surface area contributed by atoms with Gasteiger partial charge in [-0.25, -0.2) is 0 Å². The van der Waals surface area contributed by atoms with Crippen LogP contribution < -0.4 is 10.1 Å². The summed E-state index contributed by atoms with van der Waals surface area (Å²) in [6, 6.07) is 4.52. The summed E-state index contributed by atoms with van der Waals surface area (Å²) in [6.07, 6.45) is -5.75. The van der Waals surface area contributed by atoms with Gasteiger partial charge in [-0.15, -0.1) is 0 Å². The molecule has 0 heterocycles. The van der Waals surface area contributed by atoms with E-state index in [1.807, 2.05) is 0 Å². The minimum Gasteiger partial charge on any atom is -0.497 e. The third kappa shape index (κ3) is 4.45. The molecule has 1 atom stereocenters. The van der Waals surface area contributed by atoms with Crippen molar-refractivity contribution in [1.29, 1.82) is 0 Å². The van der Waals surface area contributed by atoms with Gasteiger partial charge in [-0.05, 0) is 17.7 Å². The van der Waals surface area contributed by atoms with E-state index in [0.29, 0.717) is 5.75 Å². The largest absolute Gasteiger partial charge is 0.497 e. The highest BCUT2D eigenvalue weighted by atomic mass is 19.4. The molecule has 0 bridgehead atoms. The van der Waals surface area contributed by atoms with Crippen LogP contribution in [0.25, 0.3) is 0 Å². The summed E-state index contributed by atoms with van der Waals surface area (Å²) >= 11 is 0. The molecule has 0 aliphatic carbocycles. The van der Waals surface area contributed by atoms with Crippen LogP contribution in [0.2, 0.25) is 0 Å². The van der Waals surface area contributed by atoms with Gasteiger partial charge in [-0.2, -0.15) is 13.2 Å². The van der Waals surface area contributed by atoms with Crippen LogP contribution >= 0.6 is 0 Å². The number of carbonyl (C=O) groups is 2. The molecule has 0 aliphatic heterocycles. The van der Waals surface area contributed by atoms with E-state index in [1.54, 1.807) is 11.4 Å². The van der Waals surface area contributed by atoms with Crippen LogP contribution in [0.3, 0.4) is 0 Å². The monoisotopic (exact) mass is 291 g/mol. The van der Waals surface area contributed by atoms with Crippen molar-refractivity contribution >= 4 is 11.9 Å². The second kappa shape index (κ2) is 6.27. The lowest BCUT2D eigenvalue weighted by atomic mass is 10.0. The number of aliphatic carboxylic acids is 1. The number of carbonyl (C=O) groups excluding carboxylic acids is 1. The molecule has 0 saturated carbocycles. The van der Waals surface area contributed by atoms with Crippen LogP contribution in [-0.2, 0) is 9.59 Å². The number of carboxylic acid groups (broad SMARTS) is 1. The van der Waals surface area contributed by atoms with Crippen molar-refractivity contribution in [3.8, 4) is 5.75 Å². The van der Waals surface area contributed by atoms with E-state index in [4.69, 9.17) is 9.84 Å². The number of benzene rings is 1. The number of nitrogens with one attached hydrogen (secondary N) is 1. The molecule has 0 saturated heterocycles. The summed E-state index contributed by atoms with van der Waals surface area (Å²) in [5.74, 6) is -3.17. The highest BCUT2D eigenvalue weighted by Gasteiger charge is 2.40. The maximum atomic E-state index is 12.2. The van der Waals surface area contributed by atoms with Gasteiger partial charge in [-0.1, -0.05) is 12.1 Å². The lowest BCUT2D eigenvalue weighted by Crippen LogP contribution is -2.39. The van der Waals surface area contributed by atoms with Crippen molar-refractivity contribution < 1.29 is 32.6 Å². The molecule has 20 heavy (non-hydrogen) atoms. The van der Waals surface area contributed by atoms with E-state index in [1.165, 1.54) is 25.3 Å². The lowest BCUT2D eigenvalue weighted by Gasteiger charge is -2.19. The van der Waals surface area contributed by atoms with Crippen LogP contribution in [0.1, 0.15) is 18.0 Å². The minimum atomic E-state index is -5.07. The average molecular weight is 291 g/mol. The molecule has 1 amide bonds. The van der Waals surface area contributed by atoms with Crippen LogP contribution in [-0.4, -0.2) is 30.3 Å². The standard InChI is InChI=1S/C12H12F3NO4/c1-20-8-4-2-3-7(5-8)9(6-10(17)18)16-11(19)12(13,14)15/h2-5,9H,6H2,1H3,(H,16,19)(H,17,18). The maximum Gasteiger partial charge on any atom is 0.471 e. The number of halogens is 3.